The first kappa shape index (κ1) is 12.0. The number of aromatic nitrogens is 1. The predicted molar refractivity (Wildman–Crippen MR) is 63.1 cm³/mol. The van der Waals surface area contributed by atoms with E-state index in [1.807, 2.05) is 13.8 Å². The van der Waals surface area contributed by atoms with Gasteiger partial charge in [0, 0.05) is 22.8 Å². The third-order valence-corrected chi connectivity index (χ3v) is 3.75. The number of hydrogen-bond donors (Lipinski definition) is 1. The second-order valence-corrected chi connectivity index (χ2v) is 5.77. The molecule has 0 spiro atoms. The Morgan fingerprint density at radius 2 is 2.29 bits per heavy atom. The van der Waals surface area contributed by atoms with Gasteiger partial charge in [0.25, 0.3) is 0 Å². The summed E-state index contributed by atoms with van der Waals surface area (Å²) in [6.45, 7) is 9.01. The van der Waals surface area contributed by atoms with E-state index in [0.29, 0.717) is 0 Å². The molecule has 1 rings (SSSR count). The number of aryl methyl sites for hydroxylation is 1. The van der Waals surface area contributed by atoms with Gasteiger partial charge in [0.05, 0.1) is 10.7 Å². The molecule has 0 fully saturated rings. The van der Waals surface area contributed by atoms with E-state index in [1.165, 1.54) is 0 Å². The van der Waals surface area contributed by atoms with E-state index in [0.717, 1.165) is 17.2 Å². The first-order chi connectivity index (χ1) is 6.42. The van der Waals surface area contributed by atoms with Crippen molar-refractivity contribution in [1.82, 2.24) is 10.3 Å². The lowest BCUT2D eigenvalue weighted by Gasteiger charge is -2.28. The fourth-order valence-corrected chi connectivity index (χ4v) is 1.64. The molecule has 1 aromatic heterocycles. The van der Waals surface area contributed by atoms with E-state index in [4.69, 9.17) is 11.6 Å². The van der Waals surface area contributed by atoms with Crippen molar-refractivity contribution in [2.45, 2.75) is 45.2 Å². The van der Waals surface area contributed by atoms with Crippen LogP contribution in [0.5, 0.6) is 0 Å². The van der Waals surface area contributed by atoms with Crippen molar-refractivity contribution in [2.24, 2.45) is 0 Å². The van der Waals surface area contributed by atoms with Crippen LogP contribution in [0, 0.1) is 6.92 Å². The highest BCUT2D eigenvalue weighted by atomic mass is 35.5. The summed E-state index contributed by atoms with van der Waals surface area (Å²) in [6.07, 6.45) is 0. The lowest BCUT2D eigenvalue weighted by Crippen LogP contribution is -2.45. The van der Waals surface area contributed by atoms with E-state index in [-0.39, 0.29) is 10.9 Å². The number of nitrogens with zero attached hydrogens (tertiary/aromatic N) is 1. The van der Waals surface area contributed by atoms with Gasteiger partial charge in [-0.3, -0.25) is 0 Å². The molecule has 80 valence electrons. The van der Waals surface area contributed by atoms with Gasteiger partial charge in [-0.25, -0.2) is 4.98 Å². The summed E-state index contributed by atoms with van der Waals surface area (Å²) < 4.78 is 0. The van der Waals surface area contributed by atoms with Crippen LogP contribution in [0.15, 0.2) is 5.38 Å². The van der Waals surface area contributed by atoms with Crippen molar-refractivity contribution in [2.75, 3.05) is 0 Å². The molecule has 0 saturated carbocycles. The molecule has 4 heteroatoms. The molecule has 2 nitrogen and oxygen atoms in total. The van der Waals surface area contributed by atoms with Crippen molar-refractivity contribution in [1.29, 1.82) is 0 Å². The number of alkyl halides is 1. The first-order valence-electron chi connectivity index (χ1n) is 4.72. The predicted octanol–water partition coefficient (Wildman–Crippen LogP) is 2.95. The number of nitrogens with one attached hydrogen (secondary N) is 1. The van der Waals surface area contributed by atoms with Crippen LogP contribution < -0.4 is 5.32 Å². The largest absolute Gasteiger partial charge is 0.305 e. The summed E-state index contributed by atoms with van der Waals surface area (Å²) in [5.41, 5.74) is 1.04. The Bertz CT molecular complexity index is 294. The third-order valence-electron chi connectivity index (χ3n) is 2.39. The molecule has 1 atom stereocenters. The maximum absolute atomic E-state index is 6.06. The quantitative estimate of drug-likeness (QED) is 0.808. The molecule has 0 amide bonds. The van der Waals surface area contributed by atoms with Crippen LogP contribution in [-0.4, -0.2) is 15.9 Å². The fourth-order valence-electron chi connectivity index (χ4n) is 0.948. The lowest BCUT2D eigenvalue weighted by atomic mass is 10.0. The molecule has 1 unspecified atom stereocenters. The van der Waals surface area contributed by atoms with Crippen molar-refractivity contribution in [3.63, 3.8) is 0 Å². The van der Waals surface area contributed by atoms with E-state index in [1.54, 1.807) is 11.3 Å². The minimum atomic E-state index is -0.0565. The average Bonchev–Trinajstić information content (AvgIpc) is 2.48. The Labute approximate surface area is 94.7 Å². The molecule has 1 aromatic rings. The molecule has 0 radical (unpaired) electrons. The van der Waals surface area contributed by atoms with Gasteiger partial charge in [-0.15, -0.1) is 22.9 Å². The van der Waals surface area contributed by atoms with Gasteiger partial charge < -0.3 is 5.32 Å². The average molecular weight is 233 g/mol. The van der Waals surface area contributed by atoms with Gasteiger partial charge in [0.1, 0.15) is 0 Å². The SMILES string of the molecule is Cc1nc(CNC(C)(C)C(C)Cl)cs1. The Balaban J connectivity index is 2.48. The van der Waals surface area contributed by atoms with Crippen molar-refractivity contribution >= 4 is 22.9 Å². The Morgan fingerprint density at radius 3 is 2.71 bits per heavy atom. The molecule has 1 heterocycles. The van der Waals surface area contributed by atoms with E-state index in [9.17, 15) is 0 Å². The third kappa shape index (κ3) is 3.23. The molecule has 0 aliphatic rings. The van der Waals surface area contributed by atoms with Gasteiger partial charge in [-0.2, -0.15) is 0 Å². The highest BCUT2D eigenvalue weighted by molar-refractivity contribution is 7.09. The number of hydrogen-bond acceptors (Lipinski definition) is 3. The van der Waals surface area contributed by atoms with Crippen molar-refractivity contribution in [3.05, 3.63) is 16.1 Å². The maximum Gasteiger partial charge on any atom is 0.0897 e. The highest BCUT2D eigenvalue weighted by Gasteiger charge is 2.23. The normalized spacial score (nSPS) is 14.4. The smallest absolute Gasteiger partial charge is 0.0897 e. The summed E-state index contributed by atoms with van der Waals surface area (Å²) in [7, 11) is 0. The summed E-state index contributed by atoms with van der Waals surface area (Å²) in [4.78, 5) is 4.39. The Hall–Kier alpha value is -0.120. The molecule has 0 aliphatic carbocycles. The molecule has 1 N–H and O–H groups in total. The van der Waals surface area contributed by atoms with Gasteiger partial charge in [-0.05, 0) is 27.7 Å². The lowest BCUT2D eigenvalue weighted by molar-refractivity contribution is 0.378. The van der Waals surface area contributed by atoms with Crippen molar-refractivity contribution < 1.29 is 0 Å². The molecular weight excluding hydrogens is 216 g/mol. The Kier molecular flexibility index (Phi) is 3.93. The zero-order valence-corrected chi connectivity index (χ0v) is 10.7. The van der Waals surface area contributed by atoms with Crippen LogP contribution in [-0.2, 0) is 6.54 Å². The molecule has 14 heavy (non-hydrogen) atoms. The zero-order chi connectivity index (χ0) is 10.8. The fraction of sp³-hybridized carbons (Fsp3) is 0.700. The maximum atomic E-state index is 6.06. The second kappa shape index (κ2) is 4.60. The van der Waals surface area contributed by atoms with Gasteiger partial charge in [-0.1, -0.05) is 0 Å². The molecule has 0 aromatic carbocycles. The van der Waals surface area contributed by atoms with Crippen LogP contribution in [0.1, 0.15) is 31.5 Å². The summed E-state index contributed by atoms with van der Waals surface area (Å²) in [5, 5.41) is 6.69. The number of halogens is 1. The summed E-state index contributed by atoms with van der Waals surface area (Å²) in [5.74, 6) is 0. The summed E-state index contributed by atoms with van der Waals surface area (Å²) in [6, 6.07) is 0. The number of rotatable bonds is 4. The van der Waals surface area contributed by atoms with E-state index in [2.05, 4.69) is 29.5 Å². The van der Waals surface area contributed by atoms with Gasteiger partial charge in [0.2, 0.25) is 0 Å². The van der Waals surface area contributed by atoms with Crippen LogP contribution in [0.2, 0.25) is 0 Å². The molecule has 0 aliphatic heterocycles. The van der Waals surface area contributed by atoms with E-state index < -0.39 is 0 Å². The standard InChI is InChI=1S/C10H17ClN2S/c1-7(11)10(3,4)12-5-9-6-14-8(2)13-9/h6-7,12H,5H2,1-4H3. The van der Waals surface area contributed by atoms with Gasteiger partial charge >= 0.3 is 0 Å². The minimum absolute atomic E-state index is 0.0565. The van der Waals surface area contributed by atoms with Crippen LogP contribution in [0.3, 0.4) is 0 Å². The molecular formula is C10H17ClN2S. The topological polar surface area (TPSA) is 24.9 Å². The minimum Gasteiger partial charge on any atom is -0.305 e. The highest BCUT2D eigenvalue weighted by Crippen LogP contribution is 2.16. The summed E-state index contributed by atoms with van der Waals surface area (Å²) >= 11 is 7.74. The Morgan fingerprint density at radius 1 is 1.64 bits per heavy atom. The second-order valence-electron chi connectivity index (χ2n) is 4.05. The first-order valence-corrected chi connectivity index (χ1v) is 6.03. The van der Waals surface area contributed by atoms with Crippen molar-refractivity contribution in [3.8, 4) is 0 Å². The van der Waals surface area contributed by atoms with Crippen LogP contribution in [0.4, 0.5) is 0 Å². The van der Waals surface area contributed by atoms with Crippen LogP contribution in [0.25, 0.3) is 0 Å². The van der Waals surface area contributed by atoms with Crippen LogP contribution >= 0.6 is 22.9 Å². The monoisotopic (exact) mass is 232 g/mol. The molecule has 0 saturated heterocycles. The van der Waals surface area contributed by atoms with E-state index >= 15 is 0 Å². The zero-order valence-electron chi connectivity index (χ0n) is 9.10. The molecule has 0 bridgehead atoms. The number of thiazole rings is 1. The van der Waals surface area contributed by atoms with Gasteiger partial charge in [0.15, 0.2) is 0 Å².